The Bertz CT molecular complexity index is 1020. The van der Waals surface area contributed by atoms with Crippen molar-refractivity contribution in [3.05, 3.63) is 58.7 Å². The number of para-hydroxylation sites is 1. The van der Waals surface area contributed by atoms with Crippen LogP contribution >= 0.6 is 0 Å². The molecule has 0 bridgehead atoms. The van der Waals surface area contributed by atoms with Gasteiger partial charge in [0.05, 0.1) is 4.90 Å². The van der Waals surface area contributed by atoms with E-state index >= 15 is 0 Å². The summed E-state index contributed by atoms with van der Waals surface area (Å²) < 4.78 is 31.9. The molecule has 8 heteroatoms. The monoisotopic (exact) mass is 418 g/mol. The van der Waals surface area contributed by atoms with Crippen LogP contribution in [0, 0.1) is 20.8 Å². The fourth-order valence-corrected chi connectivity index (χ4v) is 4.10. The Morgan fingerprint density at radius 2 is 1.76 bits per heavy atom. The molecule has 2 aromatic carbocycles. The van der Waals surface area contributed by atoms with Crippen LogP contribution in [0.1, 0.15) is 29.2 Å². The zero-order chi connectivity index (χ0) is 21.6. The highest BCUT2D eigenvalue weighted by molar-refractivity contribution is 7.89. The molecule has 29 heavy (non-hydrogen) atoms. The molecule has 0 radical (unpaired) electrons. The van der Waals surface area contributed by atoms with Crippen molar-refractivity contribution in [3.63, 3.8) is 0 Å². The van der Waals surface area contributed by atoms with E-state index in [1.54, 1.807) is 26.0 Å². The predicted molar refractivity (Wildman–Crippen MR) is 111 cm³/mol. The lowest BCUT2D eigenvalue weighted by Crippen LogP contribution is -2.32. The second-order valence-corrected chi connectivity index (χ2v) is 8.50. The van der Waals surface area contributed by atoms with Crippen molar-refractivity contribution in [3.8, 4) is 0 Å². The van der Waals surface area contributed by atoms with E-state index < -0.39 is 35.1 Å². The smallest absolute Gasteiger partial charge is 0.321 e. The molecule has 0 aliphatic rings. The molecule has 0 fully saturated rings. The first-order valence-corrected chi connectivity index (χ1v) is 10.7. The number of aryl methyl sites for hydroxylation is 4. The molecule has 2 N–H and O–H groups in total. The molecule has 0 saturated heterocycles. The standard InChI is InChI=1S/C21H26N2O5S/c1-5-17-8-6-7-16(4)21(17)23-19(24)13-28-20(25)12-22-29(26,27)18-11-14(2)9-10-15(18)3/h6-11,22H,5,12-13H2,1-4H3,(H,23,24). The summed E-state index contributed by atoms with van der Waals surface area (Å²) in [6.07, 6.45) is 0.747. The van der Waals surface area contributed by atoms with Gasteiger partial charge < -0.3 is 10.1 Å². The van der Waals surface area contributed by atoms with E-state index in [9.17, 15) is 18.0 Å². The molecule has 0 atom stereocenters. The summed E-state index contributed by atoms with van der Waals surface area (Å²) in [7, 11) is -3.86. The van der Waals surface area contributed by atoms with Gasteiger partial charge in [-0.25, -0.2) is 8.42 Å². The van der Waals surface area contributed by atoms with Gasteiger partial charge in [-0.3, -0.25) is 9.59 Å². The summed E-state index contributed by atoms with van der Waals surface area (Å²) in [6, 6.07) is 10.7. The molecule has 156 valence electrons. The lowest BCUT2D eigenvalue weighted by molar-refractivity contribution is -0.146. The van der Waals surface area contributed by atoms with Gasteiger partial charge in [0.25, 0.3) is 5.91 Å². The van der Waals surface area contributed by atoms with Crippen LogP contribution in [0.3, 0.4) is 0 Å². The van der Waals surface area contributed by atoms with E-state index in [1.807, 2.05) is 32.0 Å². The summed E-state index contributed by atoms with van der Waals surface area (Å²) in [5.41, 5.74) is 3.95. The van der Waals surface area contributed by atoms with Crippen molar-refractivity contribution >= 4 is 27.6 Å². The Morgan fingerprint density at radius 3 is 2.45 bits per heavy atom. The van der Waals surface area contributed by atoms with Gasteiger partial charge >= 0.3 is 5.97 Å². The predicted octanol–water partition coefficient (Wildman–Crippen LogP) is 2.63. The third kappa shape index (κ3) is 6.13. The summed E-state index contributed by atoms with van der Waals surface area (Å²) in [6.45, 7) is 6.25. The largest absolute Gasteiger partial charge is 0.455 e. The Morgan fingerprint density at radius 1 is 1.03 bits per heavy atom. The summed E-state index contributed by atoms with van der Waals surface area (Å²) in [4.78, 5) is 24.1. The molecule has 0 aliphatic heterocycles. The van der Waals surface area contributed by atoms with Gasteiger partial charge in [-0.1, -0.05) is 37.3 Å². The Balaban J connectivity index is 1.90. The molecule has 0 heterocycles. The third-order valence-corrected chi connectivity index (χ3v) is 5.95. The van der Waals surface area contributed by atoms with E-state index in [4.69, 9.17) is 4.74 Å². The van der Waals surface area contributed by atoms with Crippen molar-refractivity contribution in [2.45, 2.75) is 39.0 Å². The van der Waals surface area contributed by atoms with Gasteiger partial charge in [0.2, 0.25) is 10.0 Å². The average Bonchev–Trinajstić information content (AvgIpc) is 2.68. The number of rotatable bonds is 8. The maximum Gasteiger partial charge on any atom is 0.321 e. The summed E-state index contributed by atoms with van der Waals surface area (Å²) in [5.74, 6) is -1.32. The van der Waals surface area contributed by atoms with Crippen LogP contribution in [0.25, 0.3) is 0 Å². The number of carbonyl (C=O) groups excluding carboxylic acids is 2. The number of benzene rings is 2. The van der Waals surface area contributed by atoms with E-state index in [-0.39, 0.29) is 4.90 Å². The first kappa shape index (κ1) is 22.6. The van der Waals surface area contributed by atoms with Crippen LogP contribution in [0.15, 0.2) is 41.3 Å². The number of amides is 1. The van der Waals surface area contributed by atoms with Crippen LogP contribution in [0.2, 0.25) is 0 Å². The number of esters is 1. The van der Waals surface area contributed by atoms with E-state index in [1.165, 1.54) is 6.07 Å². The Kier molecular flexibility index (Phi) is 7.53. The van der Waals surface area contributed by atoms with Gasteiger partial charge in [0.1, 0.15) is 6.54 Å². The minimum Gasteiger partial charge on any atom is -0.455 e. The van der Waals surface area contributed by atoms with E-state index in [2.05, 4.69) is 10.0 Å². The fraction of sp³-hybridized carbons (Fsp3) is 0.333. The van der Waals surface area contributed by atoms with Gasteiger partial charge in [-0.15, -0.1) is 0 Å². The minimum atomic E-state index is -3.86. The fourth-order valence-electron chi connectivity index (χ4n) is 2.80. The lowest BCUT2D eigenvalue weighted by atomic mass is 10.1. The highest BCUT2D eigenvalue weighted by Crippen LogP contribution is 2.21. The molecular formula is C21H26N2O5S. The zero-order valence-corrected chi connectivity index (χ0v) is 17.9. The molecule has 0 saturated carbocycles. The SMILES string of the molecule is CCc1cccc(C)c1NC(=O)COC(=O)CNS(=O)(=O)c1cc(C)ccc1C. The third-order valence-electron chi connectivity index (χ3n) is 4.41. The first-order chi connectivity index (χ1) is 13.6. The molecule has 0 spiro atoms. The van der Waals surface area contributed by atoms with Crippen molar-refractivity contribution in [2.24, 2.45) is 0 Å². The number of ether oxygens (including phenoxy) is 1. The van der Waals surface area contributed by atoms with Crippen LogP contribution < -0.4 is 10.0 Å². The number of anilines is 1. The van der Waals surface area contributed by atoms with Gasteiger partial charge in [0.15, 0.2) is 6.61 Å². The quantitative estimate of drug-likeness (QED) is 0.642. The lowest BCUT2D eigenvalue weighted by Gasteiger charge is -2.13. The normalized spacial score (nSPS) is 11.2. The zero-order valence-electron chi connectivity index (χ0n) is 17.0. The van der Waals surface area contributed by atoms with Crippen molar-refractivity contribution < 1.29 is 22.7 Å². The van der Waals surface area contributed by atoms with Crippen LogP contribution in [0.5, 0.6) is 0 Å². The maximum atomic E-state index is 12.4. The molecule has 2 rings (SSSR count). The molecule has 1 amide bonds. The van der Waals surface area contributed by atoms with Crippen LogP contribution in [-0.4, -0.2) is 33.4 Å². The van der Waals surface area contributed by atoms with Gasteiger partial charge in [-0.05, 0) is 55.5 Å². The molecule has 2 aromatic rings. The van der Waals surface area contributed by atoms with Gasteiger partial charge in [-0.2, -0.15) is 4.72 Å². The molecule has 7 nitrogen and oxygen atoms in total. The highest BCUT2D eigenvalue weighted by Gasteiger charge is 2.19. The number of carbonyl (C=O) groups is 2. The van der Waals surface area contributed by atoms with Crippen LogP contribution in [-0.2, 0) is 30.8 Å². The van der Waals surface area contributed by atoms with Crippen LogP contribution in [0.4, 0.5) is 5.69 Å². The maximum absolute atomic E-state index is 12.4. The number of hydrogen-bond acceptors (Lipinski definition) is 5. The number of hydrogen-bond donors (Lipinski definition) is 2. The van der Waals surface area contributed by atoms with E-state index in [0.29, 0.717) is 11.3 Å². The number of sulfonamides is 1. The van der Waals surface area contributed by atoms with Gasteiger partial charge in [0, 0.05) is 5.69 Å². The topological polar surface area (TPSA) is 102 Å². The summed E-state index contributed by atoms with van der Waals surface area (Å²) >= 11 is 0. The minimum absolute atomic E-state index is 0.106. The summed E-state index contributed by atoms with van der Waals surface area (Å²) in [5, 5.41) is 2.74. The second-order valence-electron chi connectivity index (χ2n) is 6.76. The first-order valence-electron chi connectivity index (χ1n) is 9.25. The van der Waals surface area contributed by atoms with E-state index in [0.717, 1.165) is 23.1 Å². The molecule has 0 unspecified atom stereocenters. The average molecular weight is 419 g/mol. The van der Waals surface area contributed by atoms with Crippen molar-refractivity contribution in [1.29, 1.82) is 0 Å². The second kappa shape index (κ2) is 9.67. The highest BCUT2D eigenvalue weighted by atomic mass is 32.2. The van der Waals surface area contributed by atoms with Crippen molar-refractivity contribution in [2.75, 3.05) is 18.5 Å². The molecule has 0 aliphatic carbocycles. The number of nitrogens with one attached hydrogen (secondary N) is 2. The molecule has 0 aromatic heterocycles. The Labute approximate surface area is 171 Å². The Hall–Kier alpha value is -2.71. The molecular weight excluding hydrogens is 392 g/mol. The van der Waals surface area contributed by atoms with Crippen molar-refractivity contribution in [1.82, 2.24) is 4.72 Å².